The van der Waals surface area contributed by atoms with Crippen LogP contribution in [0.2, 0.25) is 0 Å². The average molecular weight is 1800 g/mol. The van der Waals surface area contributed by atoms with E-state index in [0.717, 1.165) is 94.8 Å². The fourth-order valence-corrected chi connectivity index (χ4v) is 15.5. The Bertz CT molecular complexity index is 6490. The van der Waals surface area contributed by atoms with Crippen molar-refractivity contribution in [2.24, 2.45) is 4.99 Å². The fourth-order valence-electron chi connectivity index (χ4n) is 13.3. The van der Waals surface area contributed by atoms with Crippen LogP contribution in [-0.2, 0) is 13.2 Å². The largest absolute Gasteiger partial charge is 0.490 e. The van der Waals surface area contributed by atoms with E-state index in [1.54, 1.807) is 41.0 Å². The van der Waals surface area contributed by atoms with E-state index in [9.17, 15) is 5.11 Å². The Hall–Kier alpha value is -14.1. The third kappa shape index (κ3) is 22.7. The van der Waals surface area contributed by atoms with Gasteiger partial charge in [0.15, 0.2) is 34.5 Å². The molecule has 1 aliphatic heterocycles. The Morgan fingerprint density at radius 3 is 1.13 bits per heavy atom. The van der Waals surface area contributed by atoms with Crippen LogP contribution in [0.15, 0.2) is 269 Å². The van der Waals surface area contributed by atoms with Crippen molar-refractivity contribution < 1.29 is 61.2 Å². The number of hydrogen-bond acceptors (Lipinski definition) is 28. The second kappa shape index (κ2) is 43.5. The zero-order valence-corrected chi connectivity index (χ0v) is 74.5. The molecule has 127 heavy (non-hydrogen) atoms. The second-order valence-corrected chi connectivity index (χ2v) is 31.6. The summed E-state index contributed by atoms with van der Waals surface area (Å²) in [5, 5.41) is 38.8. The van der Waals surface area contributed by atoms with Crippen LogP contribution in [0.3, 0.4) is 0 Å². The smallest absolute Gasteiger partial charge is 0.268 e. The number of aliphatic hydroxyl groups excluding tert-OH is 2. The number of hydrogen-bond donors (Lipinski definition) is 3. The summed E-state index contributed by atoms with van der Waals surface area (Å²) in [5.41, 5.74) is 22.2. The van der Waals surface area contributed by atoms with Crippen molar-refractivity contribution in [3.63, 3.8) is 0 Å². The van der Waals surface area contributed by atoms with Gasteiger partial charge in [-0.05, 0) is 223 Å². The van der Waals surface area contributed by atoms with E-state index in [1.165, 1.54) is 43.3 Å². The van der Waals surface area contributed by atoms with Crippen LogP contribution in [0.4, 0.5) is 5.82 Å². The number of nitrogen functional groups attached to an aromatic ring is 1. The number of nitrogens with two attached hydrogens (primary N) is 1. The number of aryl methyl sites for hydroxylation is 3. The molecule has 0 amide bonds. The lowest BCUT2D eigenvalue weighted by Crippen LogP contribution is -1.98. The summed E-state index contributed by atoms with van der Waals surface area (Å²) in [6.07, 6.45) is 3.84. The molecular weight excluding hydrogens is 1710 g/mol. The highest BCUT2D eigenvalue weighted by Gasteiger charge is 2.23. The number of benzene rings is 9. The van der Waals surface area contributed by atoms with Gasteiger partial charge in [-0.3, -0.25) is 4.99 Å². The standard InChI is InChI=1S/C23H19N3OS.C19H19BrN2O3.2C19H20N2O4.C18H14N4OS/c1-15-19(16-6-3-2-4-7-16)14-21(28-15)23-25-22(26-27-23)18-11-9-17(10-12-18)20-8-5-13-24-20;1-4-23-16-9-7-14(11-17(16)24-5-2)19-21-18(22-25-19)13-6-8-15(20)12(3)10-13;1-3-23-16-10-9-15(11-17(16)24-4-2)19-20-18(21-25-19)14-7-5-13(12-22)6-8-14;1-3-23-16-9-8-15(11-17(16)24-4-2)19-20-18(21-25-19)14-7-5-6-13(10-14)12-22;1-11-14(12-5-3-2-4-6-12)10-15(24-11)18-21-17(22-23-18)13-7-8-20-16(19)9-13/h2-4,6-7,9-12,14H,5,8,13H2,1H3;6-11H,4-5H2,1-3H3;2*5-11,22H,3-4,12H2,1-2H3;2-10H,1H3,(H2,19,20). The molecule has 0 atom stereocenters. The molecule has 18 rings (SSSR count). The maximum atomic E-state index is 9.25. The first-order valence-corrected chi connectivity index (χ1v) is 43.8. The SMILES string of the molecule is CCOc1ccc(-c2nc(-c3ccc(Br)c(C)c3)no2)cc1OCC.CCOc1ccc(-c2nc(-c3ccc(CO)cc3)no2)cc1OCC.CCOc1ccc(-c2nc(-c3cccc(CO)c3)no2)cc1OCC.Cc1sc(-c2nc(-c3ccc(C4=NCCC4)cc3)no2)cc1-c1ccccc1.Cc1sc(-c2nc(-c3ccnc(N)c3)no2)cc1-c1ccccc1. The number of rotatable bonds is 27. The van der Waals surface area contributed by atoms with Crippen LogP contribution >= 0.6 is 38.6 Å². The van der Waals surface area contributed by atoms with E-state index in [1.807, 2.05) is 206 Å². The van der Waals surface area contributed by atoms with Crippen LogP contribution in [0.1, 0.15) is 86.4 Å². The summed E-state index contributed by atoms with van der Waals surface area (Å²) in [6, 6.07) is 74.0. The molecule has 0 saturated heterocycles. The number of aliphatic hydroxyl groups is 2. The molecule has 26 nitrogen and oxygen atoms in total. The van der Waals surface area contributed by atoms with E-state index < -0.39 is 0 Å². The van der Waals surface area contributed by atoms with Gasteiger partial charge in [-0.1, -0.05) is 169 Å². The molecule has 8 aromatic heterocycles. The lowest BCUT2D eigenvalue weighted by molar-refractivity contribution is 0.281. The van der Waals surface area contributed by atoms with Gasteiger partial charge < -0.3 is 67.0 Å². The Morgan fingerprint density at radius 1 is 0.354 bits per heavy atom. The minimum absolute atomic E-state index is 0.00413. The molecule has 9 heterocycles. The van der Waals surface area contributed by atoms with E-state index in [0.29, 0.717) is 139 Å². The Labute approximate surface area is 750 Å². The first kappa shape index (κ1) is 89.2. The van der Waals surface area contributed by atoms with Gasteiger partial charge in [0.25, 0.3) is 29.5 Å². The fraction of sp³-hybridized carbons (Fsp3) is 0.204. The van der Waals surface area contributed by atoms with Gasteiger partial charge in [0.1, 0.15) is 5.82 Å². The Balaban J connectivity index is 0.000000129. The molecule has 0 spiro atoms. The predicted octanol–water partition coefficient (Wildman–Crippen LogP) is 23.1. The van der Waals surface area contributed by atoms with Gasteiger partial charge in [0.05, 0.1) is 62.6 Å². The number of aliphatic imine (C=N–C) groups is 1. The summed E-state index contributed by atoms with van der Waals surface area (Å²) in [6.45, 7) is 22.0. The van der Waals surface area contributed by atoms with E-state index in [2.05, 4.69) is 151 Å². The van der Waals surface area contributed by atoms with Gasteiger partial charge in [0, 0.05) is 77.2 Å². The molecule has 4 N–H and O–H groups in total. The number of nitrogens with zero attached hydrogens (tertiary/aromatic N) is 12. The number of pyridine rings is 1. The van der Waals surface area contributed by atoms with E-state index in [-0.39, 0.29) is 13.2 Å². The molecule has 0 radical (unpaired) electrons. The topological polar surface area (TPSA) is 342 Å². The third-order valence-corrected chi connectivity index (χ3v) is 22.5. The number of thiophene rings is 2. The maximum absolute atomic E-state index is 9.25. The summed E-state index contributed by atoms with van der Waals surface area (Å²) in [5.74, 6) is 9.42. The van der Waals surface area contributed by atoms with Crippen molar-refractivity contribution in [2.75, 3.05) is 51.9 Å². The van der Waals surface area contributed by atoms with Gasteiger partial charge >= 0.3 is 0 Å². The molecular formula is C98H92BrN13O13S2. The first-order chi connectivity index (χ1) is 62.1. The highest BCUT2D eigenvalue weighted by atomic mass is 79.9. The van der Waals surface area contributed by atoms with Crippen molar-refractivity contribution >= 4 is 50.1 Å². The molecule has 17 aromatic rings. The highest BCUT2D eigenvalue weighted by Crippen LogP contribution is 2.42. The van der Waals surface area contributed by atoms with Crippen molar-refractivity contribution in [1.29, 1.82) is 0 Å². The molecule has 0 aliphatic carbocycles. The minimum atomic E-state index is -0.0326. The van der Waals surface area contributed by atoms with Crippen LogP contribution in [0.25, 0.3) is 135 Å². The summed E-state index contributed by atoms with van der Waals surface area (Å²) in [7, 11) is 0. The molecule has 9 aromatic carbocycles. The Kier molecular flexibility index (Phi) is 30.5. The van der Waals surface area contributed by atoms with Crippen molar-refractivity contribution in [3.05, 3.63) is 273 Å². The maximum Gasteiger partial charge on any atom is 0.268 e. The monoisotopic (exact) mass is 1800 g/mol. The summed E-state index contributed by atoms with van der Waals surface area (Å²) in [4.78, 5) is 35.4. The van der Waals surface area contributed by atoms with Gasteiger partial charge in [-0.25, -0.2) is 4.98 Å². The number of aromatic nitrogens is 11. The summed E-state index contributed by atoms with van der Waals surface area (Å²) >= 11 is 6.81. The number of anilines is 1. The van der Waals surface area contributed by atoms with Gasteiger partial charge in [-0.2, -0.15) is 24.9 Å². The van der Waals surface area contributed by atoms with Crippen LogP contribution in [0.5, 0.6) is 34.5 Å². The van der Waals surface area contributed by atoms with Gasteiger partial charge in [-0.15, -0.1) is 22.7 Å². The average Bonchev–Trinajstić information content (AvgIpc) is 1.64. The van der Waals surface area contributed by atoms with Crippen LogP contribution < -0.4 is 34.2 Å². The molecule has 1 aliphatic rings. The summed E-state index contributed by atoms with van der Waals surface area (Å²) < 4.78 is 61.9. The number of halogens is 1. The van der Waals surface area contributed by atoms with Crippen LogP contribution in [-0.4, -0.2) is 118 Å². The molecule has 0 unspecified atom stereocenters. The number of ether oxygens (including phenoxy) is 6. The second-order valence-electron chi connectivity index (χ2n) is 28.2. The minimum Gasteiger partial charge on any atom is -0.490 e. The molecule has 29 heteroatoms. The first-order valence-electron chi connectivity index (χ1n) is 41.3. The predicted molar refractivity (Wildman–Crippen MR) is 496 cm³/mol. The van der Waals surface area contributed by atoms with E-state index >= 15 is 0 Å². The van der Waals surface area contributed by atoms with E-state index in [4.69, 9.17) is 61.9 Å². The van der Waals surface area contributed by atoms with Gasteiger partial charge in [0.2, 0.25) is 29.1 Å². The molecule has 0 saturated carbocycles. The third-order valence-electron chi connectivity index (χ3n) is 19.5. The zero-order valence-electron chi connectivity index (χ0n) is 71.3. The quantitative estimate of drug-likeness (QED) is 0.0430. The molecule has 0 bridgehead atoms. The van der Waals surface area contributed by atoms with Crippen molar-refractivity contribution in [3.8, 4) is 170 Å². The zero-order chi connectivity index (χ0) is 88.5. The molecule has 0 fully saturated rings. The lowest BCUT2D eigenvalue weighted by atomic mass is 10.1. The molecule has 646 valence electrons. The normalized spacial score (nSPS) is 11.4. The van der Waals surface area contributed by atoms with Crippen molar-refractivity contribution in [1.82, 2.24) is 55.7 Å². The highest BCUT2D eigenvalue weighted by molar-refractivity contribution is 9.10. The van der Waals surface area contributed by atoms with Crippen LogP contribution in [0, 0.1) is 20.8 Å². The Morgan fingerprint density at radius 2 is 0.724 bits per heavy atom. The lowest BCUT2D eigenvalue weighted by Gasteiger charge is -2.11. The van der Waals surface area contributed by atoms with Crippen molar-refractivity contribution in [2.45, 2.75) is 88.4 Å².